The average molecular weight is 594 g/mol. The predicted molar refractivity (Wildman–Crippen MR) is 162 cm³/mol. The number of amides is 4. The number of thioether (sulfide) groups is 2. The quantitative estimate of drug-likeness (QED) is 0.236. The highest BCUT2D eigenvalue weighted by Gasteiger charge is 2.26. The lowest BCUT2D eigenvalue weighted by molar-refractivity contribution is -0.116. The molecule has 2 saturated heterocycles. The van der Waals surface area contributed by atoms with E-state index in [1.807, 2.05) is 67.6 Å². The third-order valence-electron chi connectivity index (χ3n) is 6.26. The van der Waals surface area contributed by atoms with Gasteiger partial charge in [0.1, 0.15) is 6.33 Å². The molecule has 206 valence electrons. The fourth-order valence-electron chi connectivity index (χ4n) is 4.30. The van der Waals surface area contributed by atoms with Gasteiger partial charge in [0.25, 0.3) is 22.3 Å². The second-order valence-electron chi connectivity index (χ2n) is 9.09. The smallest absolute Gasteiger partial charge is 0.290 e. The summed E-state index contributed by atoms with van der Waals surface area (Å²) < 4.78 is 5.10. The van der Waals surface area contributed by atoms with Crippen molar-refractivity contribution in [2.75, 3.05) is 0 Å². The molecule has 0 unspecified atom stereocenters. The zero-order valence-electron chi connectivity index (χ0n) is 21.8. The first-order valence-electron chi connectivity index (χ1n) is 12.5. The van der Waals surface area contributed by atoms with Crippen LogP contribution >= 0.6 is 23.5 Å². The molecule has 10 nitrogen and oxygen atoms in total. The molecule has 4 amide bonds. The van der Waals surface area contributed by atoms with Crippen molar-refractivity contribution in [3.05, 3.63) is 99.7 Å². The van der Waals surface area contributed by atoms with Crippen molar-refractivity contribution in [1.29, 1.82) is 0 Å². The van der Waals surface area contributed by atoms with Crippen LogP contribution in [0.2, 0.25) is 0 Å². The van der Waals surface area contributed by atoms with E-state index in [1.165, 1.54) is 0 Å². The van der Waals surface area contributed by atoms with Gasteiger partial charge in [-0.05, 0) is 78.0 Å². The number of hydrogen-bond donors (Lipinski definition) is 2. The second-order valence-corrected chi connectivity index (χ2v) is 11.1. The van der Waals surface area contributed by atoms with E-state index >= 15 is 0 Å². The highest BCUT2D eigenvalue weighted by molar-refractivity contribution is 8.18. The molecule has 5 aromatic rings. The molecular weight excluding hydrogens is 574 g/mol. The Labute approximate surface area is 246 Å². The molecule has 2 aliphatic heterocycles. The molecule has 12 heteroatoms. The number of aromatic nitrogens is 3. The third kappa shape index (κ3) is 5.71. The molecular formula is C30H19N5O5S2. The Bertz CT molecular complexity index is 1980. The molecule has 2 aromatic heterocycles. The van der Waals surface area contributed by atoms with Gasteiger partial charge in [0.2, 0.25) is 0 Å². The van der Waals surface area contributed by atoms with Gasteiger partial charge in [-0.15, -0.1) is 0 Å². The molecule has 4 heterocycles. The number of carbonyl (C=O) groups is 4. The van der Waals surface area contributed by atoms with E-state index in [4.69, 9.17) is 4.52 Å². The standard InChI is InChI=1S/C18H11N3O2S.C12H8N2O3S/c22-17-15(24-18(23)21-17)9-11-6-7-14-13(8-11)16(20-10-19-14)12-4-2-1-3-5-12;1-6-8-4-7(2-3-9(8)17-14-6)5-10-11(15)13-12(16)18-10/h1-10H,(H,21,22,23);2-5H,1H3,(H,13,15,16). The van der Waals surface area contributed by atoms with Crippen LogP contribution in [0, 0.1) is 6.92 Å². The summed E-state index contributed by atoms with van der Waals surface area (Å²) in [5, 5.41) is 9.44. The van der Waals surface area contributed by atoms with E-state index in [2.05, 4.69) is 25.8 Å². The van der Waals surface area contributed by atoms with Crippen LogP contribution in [0.4, 0.5) is 9.59 Å². The number of nitrogens with one attached hydrogen (secondary N) is 2. The van der Waals surface area contributed by atoms with Crippen molar-refractivity contribution in [3.63, 3.8) is 0 Å². The summed E-state index contributed by atoms with van der Waals surface area (Å²) >= 11 is 1.81. The molecule has 3 aromatic carbocycles. The fraction of sp³-hybridized carbons (Fsp3) is 0.0333. The Hall–Kier alpha value is -5.07. The zero-order chi connectivity index (χ0) is 29.2. The molecule has 0 saturated carbocycles. The molecule has 2 fully saturated rings. The first kappa shape index (κ1) is 27.1. The molecule has 2 aliphatic rings. The van der Waals surface area contributed by atoms with E-state index in [0.717, 1.165) is 67.9 Å². The fourth-order valence-corrected chi connectivity index (χ4v) is 5.67. The van der Waals surface area contributed by atoms with E-state index in [1.54, 1.807) is 24.5 Å². The van der Waals surface area contributed by atoms with Crippen LogP contribution in [0.3, 0.4) is 0 Å². The monoisotopic (exact) mass is 593 g/mol. The summed E-state index contributed by atoms with van der Waals surface area (Å²) in [5.74, 6) is -0.718. The van der Waals surface area contributed by atoms with Crippen LogP contribution in [-0.2, 0) is 9.59 Å². The van der Waals surface area contributed by atoms with Crippen LogP contribution in [0.1, 0.15) is 16.8 Å². The zero-order valence-corrected chi connectivity index (χ0v) is 23.4. The van der Waals surface area contributed by atoms with Gasteiger partial charge in [-0.1, -0.05) is 47.6 Å². The van der Waals surface area contributed by atoms with Crippen LogP contribution in [0.25, 0.3) is 45.3 Å². The Kier molecular flexibility index (Phi) is 7.38. The van der Waals surface area contributed by atoms with Gasteiger partial charge in [0.15, 0.2) is 5.58 Å². The van der Waals surface area contributed by atoms with E-state index in [0.29, 0.717) is 15.4 Å². The topological polar surface area (TPSA) is 144 Å². The summed E-state index contributed by atoms with van der Waals surface area (Å²) in [6, 6.07) is 21.0. The number of hydrogen-bond acceptors (Lipinski definition) is 10. The summed E-state index contributed by atoms with van der Waals surface area (Å²) in [6.45, 7) is 1.85. The Morgan fingerprint density at radius 2 is 1.36 bits per heavy atom. The van der Waals surface area contributed by atoms with Gasteiger partial charge in [-0.25, -0.2) is 9.97 Å². The van der Waals surface area contributed by atoms with Gasteiger partial charge in [-0.3, -0.25) is 29.8 Å². The molecule has 0 radical (unpaired) electrons. The van der Waals surface area contributed by atoms with Crippen LogP contribution in [-0.4, -0.2) is 37.4 Å². The summed E-state index contributed by atoms with van der Waals surface area (Å²) in [7, 11) is 0. The maximum absolute atomic E-state index is 11.7. The second kappa shape index (κ2) is 11.4. The highest BCUT2D eigenvalue weighted by atomic mass is 32.2. The number of benzene rings is 3. The maximum atomic E-state index is 11.7. The first-order valence-corrected chi connectivity index (χ1v) is 14.1. The molecule has 2 N–H and O–H groups in total. The van der Waals surface area contributed by atoms with Crippen molar-refractivity contribution in [2.24, 2.45) is 0 Å². The third-order valence-corrected chi connectivity index (χ3v) is 7.88. The van der Waals surface area contributed by atoms with E-state index in [9.17, 15) is 19.2 Å². The summed E-state index contributed by atoms with van der Waals surface area (Å²) in [5.41, 5.74) is 5.81. The Morgan fingerprint density at radius 1 is 0.738 bits per heavy atom. The molecule has 0 atom stereocenters. The summed E-state index contributed by atoms with van der Waals surface area (Å²) in [6.07, 6.45) is 4.92. The van der Waals surface area contributed by atoms with Crippen molar-refractivity contribution in [2.45, 2.75) is 6.92 Å². The van der Waals surface area contributed by atoms with Crippen molar-refractivity contribution >= 4 is 79.8 Å². The van der Waals surface area contributed by atoms with Crippen molar-refractivity contribution < 1.29 is 23.7 Å². The average Bonchev–Trinajstić information content (AvgIpc) is 3.63. The molecule has 0 bridgehead atoms. The van der Waals surface area contributed by atoms with Gasteiger partial charge < -0.3 is 4.52 Å². The first-order chi connectivity index (χ1) is 20.3. The number of fused-ring (bicyclic) bond motifs is 2. The number of aryl methyl sites for hydroxylation is 1. The number of rotatable bonds is 3. The number of imide groups is 2. The summed E-state index contributed by atoms with van der Waals surface area (Å²) in [4.78, 5) is 54.9. The van der Waals surface area contributed by atoms with Gasteiger partial charge in [-0.2, -0.15) is 0 Å². The largest absolute Gasteiger partial charge is 0.356 e. The lowest BCUT2D eigenvalue weighted by Crippen LogP contribution is -2.17. The van der Waals surface area contributed by atoms with Gasteiger partial charge >= 0.3 is 0 Å². The SMILES string of the molecule is Cc1noc2ccc(C=C3SC(=O)NC3=O)cc12.O=C1NC(=O)C(=Cc2ccc3ncnc(-c4ccccc4)c3c2)S1. The highest BCUT2D eigenvalue weighted by Crippen LogP contribution is 2.30. The molecule has 0 aliphatic carbocycles. The van der Waals surface area contributed by atoms with E-state index in [-0.39, 0.29) is 22.3 Å². The number of nitrogens with zero attached hydrogens (tertiary/aromatic N) is 3. The van der Waals surface area contributed by atoms with Crippen LogP contribution < -0.4 is 10.6 Å². The lowest BCUT2D eigenvalue weighted by atomic mass is 10.0. The van der Waals surface area contributed by atoms with Gasteiger partial charge in [0, 0.05) is 16.3 Å². The Morgan fingerprint density at radius 3 is 1.98 bits per heavy atom. The van der Waals surface area contributed by atoms with E-state index < -0.39 is 0 Å². The Balaban J connectivity index is 0.000000157. The van der Waals surface area contributed by atoms with Crippen molar-refractivity contribution in [1.82, 2.24) is 25.8 Å². The van der Waals surface area contributed by atoms with Crippen LogP contribution in [0.5, 0.6) is 0 Å². The lowest BCUT2D eigenvalue weighted by Gasteiger charge is -2.06. The molecule has 7 rings (SSSR count). The van der Waals surface area contributed by atoms with Crippen LogP contribution in [0.15, 0.2) is 87.4 Å². The van der Waals surface area contributed by atoms with Gasteiger partial charge in [0.05, 0.1) is 26.7 Å². The molecule has 42 heavy (non-hydrogen) atoms. The minimum absolute atomic E-state index is 0.339. The minimum atomic E-state index is -0.363. The van der Waals surface area contributed by atoms with Crippen molar-refractivity contribution in [3.8, 4) is 11.3 Å². The maximum Gasteiger partial charge on any atom is 0.290 e. The minimum Gasteiger partial charge on any atom is -0.356 e. The normalized spacial score (nSPS) is 16.7. The number of carbonyl (C=O) groups excluding carboxylic acids is 4. The predicted octanol–water partition coefficient (Wildman–Crippen LogP) is 6.08. The molecule has 0 spiro atoms.